The first kappa shape index (κ1) is 26.6. The first-order chi connectivity index (χ1) is 16.1. The van der Waals surface area contributed by atoms with Gasteiger partial charge in [0.1, 0.15) is 16.8 Å². The summed E-state index contributed by atoms with van der Waals surface area (Å²) in [5, 5.41) is 0. The standard InChI is InChI=1S/C21H19F7N4O2S/c1-2-3-16-13-31(35(33,34)17-8-9-18(29)30-12-17)10-11-32(16)15-6-4-14(5-7-15)19(22,20(23,24)25)21(26,27)28/h4-9,12,16H,10-11,13H2,1H3,(H2,29,30). The second-order valence-electron chi connectivity index (χ2n) is 7.59. The Morgan fingerprint density at radius 3 is 2.06 bits per heavy atom. The van der Waals surface area contributed by atoms with Crippen LogP contribution in [0.2, 0.25) is 0 Å². The molecule has 14 heteroatoms. The maximum Gasteiger partial charge on any atom is 0.435 e. The third-order valence-corrected chi connectivity index (χ3v) is 7.28. The second kappa shape index (κ2) is 9.19. The summed E-state index contributed by atoms with van der Waals surface area (Å²) in [6.07, 6.45) is -11.3. The van der Waals surface area contributed by atoms with Crippen LogP contribution in [0.5, 0.6) is 0 Å². The molecule has 0 radical (unpaired) electrons. The normalized spacial score (nSPS) is 18.2. The van der Waals surface area contributed by atoms with Crippen LogP contribution in [-0.4, -0.2) is 55.7 Å². The Labute approximate surface area is 196 Å². The molecule has 1 aromatic heterocycles. The summed E-state index contributed by atoms with van der Waals surface area (Å²) in [6, 6.07) is 4.48. The van der Waals surface area contributed by atoms with Gasteiger partial charge in [0.25, 0.3) is 0 Å². The second-order valence-corrected chi connectivity index (χ2v) is 9.52. The zero-order chi connectivity index (χ0) is 26.2. The van der Waals surface area contributed by atoms with E-state index in [0.29, 0.717) is 12.1 Å². The molecule has 0 bridgehead atoms. The lowest BCUT2D eigenvalue weighted by atomic mass is 9.94. The smallest absolute Gasteiger partial charge is 0.384 e. The first-order valence-electron chi connectivity index (χ1n) is 9.96. The van der Waals surface area contributed by atoms with Crippen LogP contribution >= 0.6 is 0 Å². The average Bonchev–Trinajstić information content (AvgIpc) is 2.77. The summed E-state index contributed by atoms with van der Waals surface area (Å²) in [6.45, 7) is 1.30. The van der Waals surface area contributed by atoms with E-state index in [2.05, 4.69) is 16.8 Å². The van der Waals surface area contributed by atoms with Gasteiger partial charge in [0, 0.05) is 37.1 Å². The van der Waals surface area contributed by atoms with Crippen LogP contribution in [0.15, 0.2) is 47.5 Å². The van der Waals surface area contributed by atoms with Gasteiger partial charge in [0.15, 0.2) is 0 Å². The summed E-state index contributed by atoms with van der Waals surface area (Å²) in [4.78, 5) is 5.18. The highest BCUT2D eigenvalue weighted by molar-refractivity contribution is 7.89. The van der Waals surface area contributed by atoms with E-state index in [-0.39, 0.29) is 36.0 Å². The van der Waals surface area contributed by atoms with E-state index >= 15 is 0 Å². The SMILES string of the molecule is CC#CC1CN(S(=O)(=O)c2ccc(N)nc2)CCN1c1ccc(C(F)(C(F)(F)F)C(F)(F)F)cc1. The number of rotatable bonds is 4. The predicted molar refractivity (Wildman–Crippen MR) is 113 cm³/mol. The summed E-state index contributed by atoms with van der Waals surface area (Å²) in [5.74, 6) is 5.55. The molecule has 1 aromatic carbocycles. The van der Waals surface area contributed by atoms with Gasteiger partial charge in [0.2, 0.25) is 10.0 Å². The van der Waals surface area contributed by atoms with Gasteiger partial charge in [0.05, 0.1) is 0 Å². The minimum absolute atomic E-state index is 0.0135. The number of benzene rings is 1. The Balaban J connectivity index is 1.89. The summed E-state index contributed by atoms with van der Waals surface area (Å²) in [5.41, 5.74) is -1.52. The van der Waals surface area contributed by atoms with Crippen LogP contribution in [0.4, 0.5) is 42.2 Å². The number of hydrogen-bond acceptors (Lipinski definition) is 5. The van der Waals surface area contributed by atoms with Gasteiger partial charge in [-0.2, -0.15) is 30.6 Å². The molecule has 6 nitrogen and oxygen atoms in total. The fraction of sp³-hybridized carbons (Fsp3) is 0.381. The van der Waals surface area contributed by atoms with E-state index in [1.165, 1.54) is 24.0 Å². The van der Waals surface area contributed by atoms with Gasteiger partial charge < -0.3 is 10.6 Å². The zero-order valence-electron chi connectivity index (χ0n) is 18.0. The molecule has 1 fully saturated rings. The third kappa shape index (κ3) is 4.87. The fourth-order valence-electron chi connectivity index (χ4n) is 3.64. The lowest BCUT2D eigenvalue weighted by Gasteiger charge is -2.40. The number of anilines is 2. The van der Waals surface area contributed by atoms with Crippen molar-refractivity contribution >= 4 is 21.5 Å². The molecule has 0 amide bonds. The van der Waals surface area contributed by atoms with Crippen molar-refractivity contribution in [3.63, 3.8) is 0 Å². The molecule has 2 heterocycles. The third-order valence-electron chi connectivity index (χ3n) is 5.43. The molecule has 1 aliphatic heterocycles. The van der Waals surface area contributed by atoms with Crippen molar-refractivity contribution in [1.82, 2.24) is 9.29 Å². The van der Waals surface area contributed by atoms with Crippen molar-refractivity contribution < 1.29 is 39.2 Å². The van der Waals surface area contributed by atoms with Crippen molar-refractivity contribution in [3.8, 4) is 11.8 Å². The van der Waals surface area contributed by atoms with E-state index in [0.717, 1.165) is 22.6 Å². The Morgan fingerprint density at radius 2 is 1.57 bits per heavy atom. The molecule has 35 heavy (non-hydrogen) atoms. The summed E-state index contributed by atoms with van der Waals surface area (Å²) >= 11 is 0. The molecule has 0 spiro atoms. The van der Waals surface area contributed by atoms with Crippen molar-refractivity contribution in [2.24, 2.45) is 0 Å². The largest absolute Gasteiger partial charge is 0.435 e. The summed E-state index contributed by atoms with van der Waals surface area (Å²) < 4.78 is 119. The van der Waals surface area contributed by atoms with Gasteiger partial charge in [-0.1, -0.05) is 18.1 Å². The number of alkyl halides is 7. The Hall–Kier alpha value is -3.05. The van der Waals surface area contributed by atoms with Gasteiger partial charge in [-0.25, -0.2) is 17.8 Å². The molecular formula is C21H19F7N4O2S. The molecule has 3 rings (SSSR count). The van der Waals surface area contributed by atoms with Crippen molar-refractivity contribution in [1.29, 1.82) is 0 Å². The van der Waals surface area contributed by atoms with E-state index in [4.69, 9.17) is 5.73 Å². The van der Waals surface area contributed by atoms with Crippen molar-refractivity contribution in [2.75, 3.05) is 30.3 Å². The van der Waals surface area contributed by atoms with Crippen LogP contribution in [0, 0.1) is 11.8 Å². The number of halogens is 7. The highest BCUT2D eigenvalue weighted by Gasteiger charge is 2.73. The lowest BCUT2D eigenvalue weighted by molar-refractivity contribution is -0.348. The molecule has 0 saturated carbocycles. The van der Waals surface area contributed by atoms with E-state index in [1.807, 2.05) is 0 Å². The predicted octanol–water partition coefficient (Wildman–Crippen LogP) is 3.86. The number of nitrogen functional groups attached to an aromatic ring is 1. The molecule has 2 aromatic rings. The van der Waals surface area contributed by atoms with E-state index < -0.39 is 39.6 Å². The van der Waals surface area contributed by atoms with Crippen LogP contribution in [0.3, 0.4) is 0 Å². The number of nitrogens with two attached hydrogens (primary N) is 1. The number of aromatic nitrogens is 1. The van der Waals surface area contributed by atoms with Crippen LogP contribution < -0.4 is 10.6 Å². The average molecular weight is 524 g/mol. The van der Waals surface area contributed by atoms with Crippen molar-refractivity contribution in [3.05, 3.63) is 48.2 Å². The molecule has 1 atom stereocenters. The quantitative estimate of drug-likeness (QED) is 0.486. The maximum absolute atomic E-state index is 14.3. The fourth-order valence-corrected chi connectivity index (χ4v) is 5.02. The van der Waals surface area contributed by atoms with Gasteiger partial charge in [-0.05, 0) is 31.2 Å². The number of nitrogens with zero attached hydrogens (tertiary/aromatic N) is 3. The van der Waals surface area contributed by atoms with Crippen LogP contribution in [0.1, 0.15) is 12.5 Å². The van der Waals surface area contributed by atoms with E-state index in [1.54, 1.807) is 0 Å². The zero-order valence-corrected chi connectivity index (χ0v) is 18.8. The Morgan fingerprint density at radius 1 is 0.971 bits per heavy atom. The maximum atomic E-state index is 14.3. The minimum Gasteiger partial charge on any atom is -0.384 e. The number of pyridine rings is 1. The molecule has 1 saturated heterocycles. The van der Waals surface area contributed by atoms with Gasteiger partial charge in [-0.15, -0.1) is 5.92 Å². The van der Waals surface area contributed by atoms with Gasteiger partial charge >= 0.3 is 18.0 Å². The molecule has 1 aliphatic rings. The first-order valence-corrected chi connectivity index (χ1v) is 11.4. The topological polar surface area (TPSA) is 79.5 Å². The Bertz CT molecular complexity index is 1200. The highest BCUT2D eigenvalue weighted by Crippen LogP contribution is 2.53. The molecule has 1 unspecified atom stereocenters. The monoisotopic (exact) mass is 524 g/mol. The van der Waals surface area contributed by atoms with Crippen molar-refractivity contribution in [2.45, 2.75) is 35.9 Å². The van der Waals surface area contributed by atoms with Gasteiger partial charge in [-0.3, -0.25) is 0 Å². The van der Waals surface area contributed by atoms with E-state index in [9.17, 15) is 39.2 Å². The molecule has 2 N–H and O–H groups in total. The molecule has 190 valence electrons. The van der Waals surface area contributed by atoms with Crippen LogP contribution in [0.25, 0.3) is 0 Å². The number of piperazine rings is 1. The number of sulfonamides is 1. The summed E-state index contributed by atoms with van der Waals surface area (Å²) in [7, 11) is -3.97. The molecule has 0 aliphatic carbocycles. The number of hydrogen-bond donors (Lipinski definition) is 1. The van der Waals surface area contributed by atoms with Crippen LogP contribution in [-0.2, 0) is 15.7 Å². The lowest BCUT2D eigenvalue weighted by Crippen LogP contribution is -2.54. The Kier molecular flexibility index (Phi) is 6.98. The minimum atomic E-state index is -6.22. The highest BCUT2D eigenvalue weighted by atomic mass is 32.2. The molecular weight excluding hydrogens is 505 g/mol.